The second-order valence-corrected chi connectivity index (χ2v) is 8.75. The molecule has 0 radical (unpaired) electrons. The van der Waals surface area contributed by atoms with Gasteiger partial charge in [-0.25, -0.2) is 8.42 Å². The van der Waals surface area contributed by atoms with Gasteiger partial charge in [0.05, 0.1) is 10.6 Å². The summed E-state index contributed by atoms with van der Waals surface area (Å²) < 4.78 is 26.9. The first-order chi connectivity index (χ1) is 10.9. The molecule has 1 saturated heterocycles. The van der Waals surface area contributed by atoms with Gasteiger partial charge in [0.2, 0.25) is 15.9 Å². The van der Waals surface area contributed by atoms with E-state index in [1.54, 1.807) is 17.0 Å². The average Bonchev–Trinajstić information content (AvgIpc) is 2.55. The number of sulfonamides is 1. The maximum Gasteiger partial charge on any atom is 0.243 e. The Bertz CT molecular complexity index is 634. The number of thioether (sulfide) groups is 1. The highest BCUT2D eigenvalue weighted by atomic mass is 32.2. The molecule has 0 aliphatic carbocycles. The normalized spacial score (nSPS) is 16.8. The van der Waals surface area contributed by atoms with Crippen molar-refractivity contribution in [3.63, 3.8) is 0 Å². The quantitative estimate of drug-likeness (QED) is 0.810. The summed E-state index contributed by atoms with van der Waals surface area (Å²) in [6.07, 6.45) is 1.89. The van der Waals surface area contributed by atoms with E-state index >= 15 is 0 Å². The van der Waals surface area contributed by atoms with Crippen molar-refractivity contribution in [2.45, 2.75) is 24.7 Å². The van der Waals surface area contributed by atoms with Crippen LogP contribution < -0.4 is 0 Å². The minimum atomic E-state index is -3.48. The molecule has 0 atom stereocenters. The summed E-state index contributed by atoms with van der Waals surface area (Å²) >= 11 is 1.49. The highest BCUT2D eigenvalue weighted by molar-refractivity contribution is 7.99. The summed E-state index contributed by atoms with van der Waals surface area (Å²) in [7, 11) is -3.48. The molecule has 0 bridgehead atoms. The lowest BCUT2D eigenvalue weighted by Crippen LogP contribution is -2.50. The molecule has 1 aromatic rings. The largest absolute Gasteiger partial charge is 0.339 e. The Kier molecular flexibility index (Phi) is 6.11. The van der Waals surface area contributed by atoms with Gasteiger partial charge in [-0.1, -0.05) is 26.0 Å². The van der Waals surface area contributed by atoms with E-state index < -0.39 is 10.0 Å². The first kappa shape index (κ1) is 18.3. The smallest absolute Gasteiger partial charge is 0.243 e. The Labute approximate surface area is 143 Å². The van der Waals surface area contributed by atoms with Crippen LogP contribution in [0.5, 0.6) is 0 Å². The second kappa shape index (κ2) is 7.68. The number of rotatable bonds is 5. The predicted octanol–water partition coefficient (Wildman–Crippen LogP) is 2.01. The summed E-state index contributed by atoms with van der Waals surface area (Å²) in [6, 6.07) is 7.09. The second-order valence-electron chi connectivity index (χ2n) is 5.94. The van der Waals surface area contributed by atoms with Crippen molar-refractivity contribution >= 4 is 27.7 Å². The summed E-state index contributed by atoms with van der Waals surface area (Å²) in [5.74, 6) is 0.900. The Hall–Kier alpha value is -1.05. The number of piperazine rings is 1. The highest BCUT2D eigenvalue weighted by Crippen LogP contribution is 2.21. The van der Waals surface area contributed by atoms with Crippen LogP contribution in [0.15, 0.2) is 29.2 Å². The monoisotopic (exact) mass is 356 g/mol. The molecule has 1 aliphatic heterocycles. The van der Waals surface area contributed by atoms with E-state index in [9.17, 15) is 13.2 Å². The predicted molar refractivity (Wildman–Crippen MR) is 94.3 cm³/mol. The van der Waals surface area contributed by atoms with E-state index in [-0.39, 0.29) is 5.91 Å². The molecular weight excluding hydrogens is 332 g/mol. The molecular formula is C16H24N2O3S2. The van der Waals surface area contributed by atoms with E-state index in [1.165, 1.54) is 16.1 Å². The maximum absolute atomic E-state index is 12.7. The molecule has 0 saturated carbocycles. The van der Waals surface area contributed by atoms with E-state index in [2.05, 4.69) is 13.8 Å². The van der Waals surface area contributed by atoms with Crippen LogP contribution >= 0.6 is 11.8 Å². The zero-order valence-corrected chi connectivity index (χ0v) is 15.5. The third-order valence-electron chi connectivity index (χ3n) is 4.04. The third kappa shape index (κ3) is 4.28. The fourth-order valence-corrected chi connectivity index (χ4v) is 4.42. The van der Waals surface area contributed by atoms with Crippen molar-refractivity contribution < 1.29 is 13.2 Å². The van der Waals surface area contributed by atoms with E-state index in [4.69, 9.17) is 0 Å². The van der Waals surface area contributed by atoms with Crippen LogP contribution in [0.4, 0.5) is 0 Å². The first-order valence-electron chi connectivity index (χ1n) is 7.73. The van der Waals surface area contributed by atoms with E-state index in [1.807, 2.05) is 18.4 Å². The number of amides is 1. The van der Waals surface area contributed by atoms with E-state index in [0.29, 0.717) is 42.7 Å². The Morgan fingerprint density at radius 1 is 1.13 bits per heavy atom. The molecule has 1 amide bonds. The fourth-order valence-electron chi connectivity index (χ4n) is 2.57. The number of hydrogen-bond donors (Lipinski definition) is 0. The van der Waals surface area contributed by atoms with Gasteiger partial charge in [0.1, 0.15) is 0 Å². The zero-order chi connectivity index (χ0) is 17.0. The fraction of sp³-hybridized carbons (Fsp3) is 0.562. The SMILES string of the molecule is CSCC(=O)N1CCN(S(=O)(=O)c2ccc(C(C)C)cc2)CC1. The van der Waals surface area contributed by atoms with Crippen LogP contribution in [0, 0.1) is 0 Å². The van der Waals surface area contributed by atoms with Gasteiger partial charge in [0.25, 0.3) is 0 Å². The summed E-state index contributed by atoms with van der Waals surface area (Å²) in [5.41, 5.74) is 1.12. The van der Waals surface area contributed by atoms with Gasteiger partial charge in [0.15, 0.2) is 0 Å². The average molecular weight is 357 g/mol. The van der Waals surface area contributed by atoms with Gasteiger partial charge in [-0.2, -0.15) is 16.1 Å². The highest BCUT2D eigenvalue weighted by Gasteiger charge is 2.29. The van der Waals surface area contributed by atoms with Crippen molar-refractivity contribution in [2.75, 3.05) is 38.2 Å². The van der Waals surface area contributed by atoms with Crippen molar-refractivity contribution in [3.8, 4) is 0 Å². The number of carbonyl (C=O) groups is 1. The molecule has 5 nitrogen and oxygen atoms in total. The maximum atomic E-state index is 12.7. The standard InChI is InChI=1S/C16H24N2O3S2/c1-13(2)14-4-6-15(7-5-14)23(20,21)18-10-8-17(9-11-18)16(19)12-22-3/h4-7,13H,8-12H2,1-3H3. The van der Waals surface area contributed by atoms with Crippen molar-refractivity contribution in [3.05, 3.63) is 29.8 Å². The molecule has 2 rings (SSSR count). The Morgan fingerprint density at radius 3 is 2.17 bits per heavy atom. The number of benzene rings is 1. The van der Waals surface area contributed by atoms with Crippen LogP contribution in [0.1, 0.15) is 25.3 Å². The summed E-state index contributed by atoms with van der Waals surface area (Å²) in [5, 5.41) is 0. The van der Waals surface area contributed by atoms with Crippen LogP contribution in [0.2, 0.25) is 0 Å². The molecule has 0 unspecified atom stereocenters. The molecule has 1 aliphatic rings. The molecule has 1 heterocycles. The molecule has 0 aromatic heterocycles. The first-order valence-corrected chi connectivity index (χ1v) is 10.6. The lowest BCUT2D eigenvalue weighted by molar-refractivity contribution is -0.129. The van der Waals surface area contributed by atoms with Crippen LogP contribution in [-0.4, -0.2) is 61.7 Å². The molecule has 7 heteroatoms. The van der Waals surface area contributed by atoms with E-state index in [0.717, 1.165) is 5.56 Å². The Balaban J connectivity index is 2.05. The van der Waals surface area contributed by atoms with Crippen LogP contribution in [0.25, 0.3) is 0 Å². The molecule has 1 aromatic carbocycles. The molecule has 0 N–H and O–H groups in total. The summed E-state index contributed by atoms with van der Waals surface area (Å²) in [4.78, 5) is 13.9. The molecule has 0 spiro atoms. The minimum Gasteiger partial charge on any atom is -0.339 e. The molecule has 128 valence electrons. The van der Waals surface area contributed by atoms with Gasteiger partial charge in [-0.05, 0) is 29.9 Å². The minimum absolute atomic E-state index is 0.0795. The topological polar surface area (TPSA) is 57.7 Å². The Morgan fingerprint density at radius 2 is 1.70 bits per heavy atom. The van der Waals surface area contributed by atoms with Crippen molar-refractivity contribution in [2.24, 2.45) is 0 Å². The lowest BCUT2D eigenvalue weighted by Gasteiger charge is -2.34. The van der Waals surface area contributed by atoms with Crippen molar-refractivity contribution in [1.82, 2.24) is 9.21 Å². The van der Waals surface area contributed by atoms with Gasteiger partial charge in [-0.3, -0.25) is 4.79 Å². The van der Waals surface area contributed by atoms with Gasteiger partial charge >= 0.3 is 0 Å². The lowest BCUT2D eigenvalue weighted by atomic mass is 10.0. The number of nitrogens with zero attached hydrogens (tertiary/aromatic N) is 2. The third-order valence-corrected chi connectivity index (χ3v) is 6.49. The zero-order valence-electron chi connectivity index (χ0n) is 13.9. The van der Waals surface area contributed by atoms with Gasteiger partial charge < -0.3 is 4.90 Å². The number of hydrogen-bond acceptors (Lipinski definition) is 4. The van der Waals surface area contributed by atoms with Crippen molar-refractivity contribution in [1.29, 1.82) is 0 Å². The van der Waals surface area contributed by atoms with Gasteiger partial charge in [-0.15, -0.1) is 0 Å². The van der Waals surface area contributed by atoms with Gasteiger partial charge in [0, 0.05) is 26.2 Å². The van der Waals surface area contributed by atoms with Crippen LogP contribution in [0.3, 0.4) is 0 Å². The number of carbonyl (C=O) groups excluding carboxylic acids is 1. The molecule has 23 heavy (non-hydrogen) atoms. The molecule has 1 fully saturated rings. The summed E-state index contributed by atoms with van der Waals surface area (Å²) in [6.45, 7) is 5.79. The van der Waals surface area contributed by atoms with Crippen LogP contribution in [-0.2, 0) is 14.8 Å².